The van der Waals surface area contributed by atoms with Crippen molar-refractivity contribution >= 4 is 17.0 Å². The Bertz CT molecular complexity index is 950. The van der Waals surface area contributed by atoms with E-state index >= 15 is 0 Å². The summed E-state index contributed by atoms with van der Waals surface area (Å²) >= 11 is 0. The maximum absolute atomic E-state index is 5.84. The van der Waals surface area contributed by atoms with E-state index < -0.39 is 0 Å². The van der Waals surface area contributed by atoms with E-state index in [9.17, 15) is 0 Å². The smallest absolute Gasteiger partial charge is 0.220 e. The predicted octanol–water partition coefficient (Wildman–Crippen LogP) is 3.46. The number of benzene rings is 1. The van der Waals surface area contributed by atoms with Crippen LogP contribution in [0.25, 0.3) is 22.5 Å². The van der Waals surface area contributed by atoms with Crippen molar-refractivity contribution in [1.82, 2.24) is 15.0 Å². The summed E-state index contributed by atoms with van der Waals surface area (Å²) in [6.45, 7) is 0. The van der Waals surface area contributed by atoms with Crippen LogP contribution in [0.2, 0.25) is 0 Å². The molecule has 0 bridgehead atoms. The lowest BCUT2D eigenvalue weighted by atomic mass is 10.1. The topological polar surface area (TPSA) is 77.8 Å². The summed E-state index contributed by atoms with van der Waals surface area (Å²) < 4.78 is 5.42. The number of hydrogen-bond acceptors (Lipinski definition) is 5. The molecule has 4 rings (SSSR count). The molecule has 4 aromatic rings. The van der Waals surface area contributed by atoms with Crippen molar-refractivity contribution in [3.05, 3.63) is 72.1 Å². The Morgan fingerprint density at radius 1 is 0.870 bits per heavy atom. The molecular weight excluding hydrogens is 288 g/mol. The average molecular weight is 302 g/mol. The highest BCUT2D eigenvalue weighted by Gasteiger charge is 2.11. The fourth-order valence-corrected chi connectivity index (χ4v) is 2.57. The van der Waals surface area contributed by atoms with Gasteiger partial charge >= 0.3 is 0 Å². The third kappa shape index (κ3) is 2.64. The van der Waals surface area contributed by atoms with Gasteiger partial charge in [0.15, 0.2) is 5.76 Å². The van der Waals surface area contributed by atoms with Gasteiger partial charge < -0.3 is 10.2 Å². The molecule has 2 N–H and O–H groups in total. The van der Waals surface area contributed by atoms with Gasteiger partial charge in [-0.25, -0.2) is 15.0 Å². The van der Waals surface area contributed by atoms with Gasteiger partial charge in [-0.05, 0) is 29.8 Å². The highest BCUT2D eigenvalue weighted by atomic mass is 16.3. The van der Waals surface area contributed by atoms with Gasteiger partial charge in [-0.15, -0.1) is 0 Å². The molecule has 0 saturated carbocycles. The number of hydrogen-bond donors (Lipinski definition) is 1. The third-order valence-corrected chi connectivity index (χ3v) is 3.62. The van der Waals surface area contributed by atoms with Crippen LogP contribution in [0.15, 0.2) is 65.3 Å². The van der Waals surface area contributed by atoms with Gasteiger partial charge in [0.25, 0.3) is 0 Å². The molecule has 0 unspecified atom stereocenters. The Kier molecular flexibility index (Phi) is 3.24. The van der Waals surface area contributed by atoms with Gasteiger partial charge in [-0.1, -0.05) is 30.3 Å². The summed E-state index contributed by atoms with van der Waals surface area (Å²) in [5, 5.41) is 0. The van der Waals surface area contributed by atoms with Crippen LogP contribution in [-0.2, 0) is 6.42 Å². The lowest BCUT2D eigenvalue weighted by Gasteiger charge is -2.07. The zero-order valence-electron chi connectivity index (χ0n) is 12.3. The van der Waals surface area contributed by atoms with Gasteiger partial charge in [0.05, 0.1) is 17.5 Å². The SMILES string of the molecule is Nc1nc(Cc2ccccc2)c2nc(-c3ccco3)ccc2n1. The molecule has 112 valence electrons. The second-order valence-electron chi connectivity index (χ2n) is 5.23. The number of furan rings is 1. The number of pyridine rings is 1. The van der Waals surface area contributed by atoms with E-state index in [1.807, 2.05) is 42.5 Å². The van der Waals surface area contributed by atoms with Gasteiger partial charge in [0, 0.05) is 6.42 Å². The number of fused-ring (bicyclic) bond motifs is 1. The molecule has 1 aromatic carbocycles. The molecule has 3 heterocycles. The highest BCUT2D eigenvalue weighted by Crippen LogP contribution is 2.23. The van der Waals surface area contributed by atoms with E-state index in [0.29, 0.717) is 6.42 Å². The van der Waals surface area contributed by atoms with Crippen molar-refractivity contribution in [1.29, 1.82) is 0 Å². The molecule has 0 radical (unpaired) electrons. The van der Waals surface area contributed by atoms with Gasteiger partial charge in [0.2, 0.25) is 5.95 Å². The van der Waals surface area contributed by atoms with Crippen LogP contribution in [-0.4, -0.2) is 15.0 Å². The largest absolute Gasteiger partial charge is 0.463 e. The fourth-order valence-electron chi connectivity index (χ4n) is 2.57. The van der Waals surface area contributed by atoms with Crippen LogP contribution in [0.4, 0.5) is 5.95 Å². The Morgan fingerprint density at radius 3 is 2.52 bits per heavy atom. The Balaban J connectivity index is 1.86. The molecule has 0 amide bonds. The normalized spacial score (nSPS) is 11.0. The Morgan fingerprint density at radius 2 is 1.74 bits per heavy atom. The number of nitrogen functional groups attached to an aromatic ring is 1. The van der Waals surface area contributed by atoms with E-state index in [1.165, 1.54) is 0 Å². The molecule has 5 heteroatoms. The summed E-state index contributed by atoms with van der Waals surface area (Å²) in [5.74, 6) is 0.977. The summed E-state index contributed by atoms with van der Waals surface area (Å²) in [4.78, 5) is 13.3. The minimum absolute atomic E-state index is 0.260. The molecule has 5 nitrogen and oxygen atoms in total. The molecule has 0 spiro atoms. The summed E-state index contributed by atoms with van der Waals surface area (Å²) in [6.07, 6.45) is 2.28. The quantitative estimate of drug-likeness (QED) is 0.627. The first-order valence-corrected chi connectivity index (χ1v) is 7.30. The molecular formula is C18H14N4O. The third-order valence-electron chi connectivity index (χ3n) is 3.62. The predicted molar refractivity (Wildman–Crippen MR) is 88.7 cm³/mol. The molecule has 0 atom stereocenters. The van der Waals surface area contributed by atoms with E-state index in [4.69, 9.17) is 10.2 Å². The molecule has 0 saturated heterocycles. The van der Waals surface area contributed by atoms with E-state index in [2.05, 4.69) is 27.1 Å². The first-order valence-electron chi connectivity index (χ1n) is 7.30. The standard InChI is InChI=1S/C18H14N4O/c19-18-21-14-9-8-13(16-7-4-10-23-16)20-17(14)15(22-18)11-12-5-2-1-3-6-12/h1-10H,11H2,(H2,19,21,22). The zero-order chi connectivity index (χ0) is 15.6. The van der Waals surface area contributed by atoms with Crippen LogP contribution in [0.5, 0.6) is 0 Å². The minimum Gasteiger partial charge on any atom is -0.463 e. The Hall–Kier alpha value is -3.21. The van der Waals surface area contributed by atoms with Crippen LogP contribution < -0.4 is 5.73 Å². The van der Waals surface area contributed by atoms with Gasteiger partial charge in [-0.2, -0.15) is 0 Å². The van der Waals surface area contributed by atoms with Crippen molar-refractivity contribution in [2.24, 2.45) is 0 Å². The fraction of sp³-hybridized carbons (Fsp3) is 0.0556. The molecule has 0 aliphatic carbocycles. The lowest BCUT2D eigenvalue weighted by Crippen LogP contribution is -2.03. The number of nitrogens with two attached hydrogens (primary N) is 1. The number of anilines is 1. The first-order chi connectivity index (χ1) is 11.3. The van der Waals surface area contributed by atoms with Crippen molar-refractivity contribution < 1.29 is 4.42 Å². The number of nitrogens with zero attached hydrogens (tertiary/aromatic N) is 3. The van der Waals surface area contributed by atoms with Crippen molar-refractivity contribution in [3.63, 3.8) is 0 Å². The molecule has 0 aliphatic heterocycles. The van der Waals surface area contributed by atoms with E-state index in [-0.39, 0.29) is 5.95 Å². The molecule has 0 fully saturated rings. The van der Waals surface area contributed by atoms with Crippen LogP contribution in [0.1, 0.15) is 11.3 Å². The summed E-state index contributed by atoms with van der Waals surface area (Å²) in [5.41, 5.74) is 10.0. The number of rotatable bonds is 3. The first kappa shape index (κ1) is 13.5. The van der Waals surface area contributed by atoms with E-state index in [0.717, 1.165) is 33.7 Å². The van der Waals surface area contributed by atoms with Crippen molar-refractivity contribution in [2.45, 2.75) is 6.42 Å². The maximum Gasteiger partial charge on any atom is 0.220 e. The van der Waals surface area contributed by atoms with Crippen LogP contribution in [0.3, 0.4) is 0 Å². The molecule has 0 aliphatic rings. The van der Waals surface area contributed by atoms with Crippen LogP contribution in [0, 0.1) is 0 Å². The van der Waals surface area contributed by atoms with Crippen molar-refractivity contribution in [3.8, 4) is 11.5 Å². The second-order valence-corrected chi connectivity index (χ2v) is 5.23. The molecule has 23 heavy (non-hydrogen) atoms. The number of aromatic nitrogens is 3. The molecule has 3 aromatic heterocycles. The van der Waals surface area contributed by atoms with Crippen molar-refractivity contribution in [2.75, 3.05) is 5.73 Å². The monoisotopic (exact) mass is 302 g/mol. The average Bonchev–Trinajstić information content (AvgIpc) is 3.10. The highest BCUT2D eigenvalue weighted by molar-refractivity contribution is 5.80. The zero-order valence-corrected chi connectivity index (χ0v) is 12.3. The van der Waals surface area contributed by atoms with E-state index in [1.54, 1.807) is 6.26 Å². The Labute approximate surface area is 132 Å². The lowest BCUT2D eigenvalue weighted by molar-refractivity contribution is 0.580. The summed E-state index contributed by atoms with van der Waals surface area (Å²) in [7, 11) is 0. The second kappa shape index (κ2) is 5.53. The van der Waals surface area contributed by atoms with Gasteiger partial charge in [0.1, 0.15) is 11.2 Å². The maximum atomic E-state index is 5.84. The van der Waals surface area contributed by atoms with Crippen LogP contribution >= 0.6 is 0 Å². The minimum atomic E-state index is 0.260. The summed E-state index contributed by atoms with van der Waals surface area (Å²) in [6, 6.07) is 17.6. The van der Waals surface area contributed by atoms with Gasteiger partial charge in [-0.3, -0.25) is 0 Å².